The molecule has 3 rings (SSSR count). The molecule has 3 aliphatic rings. The highest BCUT2D eigenvalue weighted by molar-refractivity contribution is 6.60. The molecular weight excluding hydrogens is 267 g/mol. The Morgan fingerprint density at radius 2 is 1.94 bits per heavy atom. The van der Waals surface area contributed by atoms with Gasteiger partial charge in [0, 0.05) is 11.8 Å². The van der Waals surface area contributed by atoms with Crippen LogP contribution in [0.2, 0.25) is 0 Å². The average molecular weight is 289 g/mol. The highest BCUT2D eigenvalue weighted by Crippen LogP contribution is 2.66. The van der Waals surface area contributed by atoms with Gasteiger partial charge in [0.1, 0.15) is 0 Å². The fraction of sp³-hybridized carbons (Fsp3) is 0.933. The molecule has 0 radical (unpaired) electrons. The van der Waals surface area contributed by atoms with E-state index in [1.54, 1.807) is 0 Å². The molecule has 3 fully saturated rings. The van der Waals surface area contributed by atoms with Crippen LogP contribution in [-0.2, 0) is 4.79 Å². The summed E-state index contributed by atoms with van der Waals surface area (Å²) in [5.41, 5.74) is 0.367. The molecule has 0 heterocycles. The van der Waals surface area contributed by atoms with Crippen molar-refractivity contribution in [2.75, 3.05) is 0 Å². The Kier molecular flexibility index (Phi) is 2.86. The first-order valence-electron chi connectivity index (χ1n) is 7.19. The summed E-state index contributed by atoms with van der Waals surface area (Å²) >= 11 is 12.4. The number of hydrogen-bond donors (Lipinski definition) is 0. The number of alkyl halides is 2. The second-order valence-corrected chi connectivity index (χ2v) is 8.73. The van der Waals surface area contributed by atoms with Gasteiger partial charge in [0.05, 0.1) is 0 Å². The molecule has 0 aromatic rings. The van der Waals surface area contributed by atoms with E-state index in [-0.39, 0.29) is 17.6 Å². The van der Waals surface area contributed by atoms with Crippen molar-refractivity contribution in [2.24, 2.45) is 35.0 Å². The number of Topliss-reactive ketones (excluding diaryl/α,β-unsaturated/α-hetero) is 1. The summed E-state index contributed by atoms with van der Waals surface area (Å²) in [5, 5.41) is 0. The molecule has 0 aromatic carbocycles. The lowest BCUT2D eigenvalue weighted by Crippen LogP contribution is -2.61. The lowest BCUT2D eigenvalue weighted by Gasteiger charge is -2.56. The van der Waals surface area contributed by atoms with Crippen LogP contribution in [0.5, 0.6) is 0 Å². The predicted molar refractivity (Wildman–Crippen MR) is 74.8 cm³/mol. The third-order valence-corrected chi connectivity index (χ3v) is 7.06. The van der Waals surface area contributed by atoms with Crippen molar-refractivity contribution in [3.05, 3.63) is 0 Å². The molecule has 0 N–H and O–H groups in total. The summed E-state index contributed by atoms with van der Waals surface area (Å²) in [7, 11) is 0. The monoisotopic (exact) mass is 288 g/mol. The number of rotatable bonds is 1. The van der Waals surface area contributed by atoms with Gasteiger partial charge in [-0.05, 0) is 48.9 Å². The van der Waals surface area contributed by atoms with Crippen LogP contribution < -0.4 is 0 Å². The molecule has 0 aliphatic heterocycles. The van der Waals surface area contributed by atoms with Crippen LogP contribution in [-0.4, -0.2) is 10.1 Å². The molecule has 0 bridgehead atoms. The van der Waals surface area contributed by atoms with Crippen LogP contribution >= 0.6 is 23.2 Å². The Labute approximate surface area is 120 Å². The molecule has 0 unspecified atom stereocenters. The van der Waals surface area contributed by atoms with E-state index in [0.29, 0.717) is 11.3 Å². The molecule has 18 heavy (non-hydrogen) atoms. The normalized spacial score (nSPS) is 49.8. The van der Waals surface area contributed by atoms with Crippen LogP contribution in [0.15, 0.2) is 0 Å². The highest BCUT2D eigenvalue weighted by Gasteiger charge is 2.66. The minimum atomic E-state index is -1.07. The van der Waals surface area contributed by atoms with E-state index in [1.165, 1.54) is 12.8 Å². The minimum absolute atomic E-state index is 0.0901. The highest BCUT2D eigenvalue weighted by atomic mass is 35.5. The van der Waals surface area contributed by atoms with Crippen molar-refractivity contribution in [3.8, 4) is 0 Å². The number of ketones is 1. The maximum absolute atomic E-state index is 12.0. The molecular formula is C15H22Cl2O. The first-order valence-corrected chi connectivity index (χ1v) is 7.95. The van der Waals surface area contributed by atoms with Crippen molar-refractivity contribution in [1.29, 1.82) is 0 Å². The first-order chi connectivity index (χ1) is 8.27. The Hall–Kier alpha value is 0.250. The average Bonchev–Trinajstić information content (AvgIpc) is 2.63. The van der Waals surface area contributed by atoms with Crippen molar-refractivity contribution >= 4 is 29.0 Å². The summed E-state index contributed by atoms with van der Waals surface area (Å²) in [5.74, 6) is 2.65. The van der Waals surface area contributed by atoms with E-state index >= 15 is 0 Å². The maximum atomic E-state index is 12.0. The smallest absolute Gasteiger partial charge is 0.179 e. The van der Waals surface area contributed by atoms with Crippen molar-refractivity contribution < 1.29 is 4.79 Å². The van der Waals surface area contributed by atoms with Gasteiger partial charge < -0.3 is 0 Å². The fourth-order valence-electron chi connectivity index (χ4n) is 5.00. The van der Waals surface area contributed by atoms with Crippen LogP contribution in [0.4, 0.5) is 0 Å². The number of fused-ring (bicyclic) bond motifs is 2. The molecule has 3 saturated carbocycles. The molecule has 0 saturated heterocycles. The van der Waals surface area contributed by atoms with E-state index in [1.807, 2.05) is 0 Å². The van der Waals surface area contributed by atoms with E-state index in [2.05, 4.69) is 20.8 Å². The zero-order chi connectivity index (χ0) is 13.3. The molecule has 5 atom stereocenters. The molecule has 102 valence electrons. The summed E-state index contributed by atoms with van der Waals surface area (Å²) in [6, 6.07) is 0. The second kappa shape index (κ2) is 3.88. The molecule has 3 heteroatoms. The van der Waals surface area contributed by atoms with E-state index < -0.39 is 4.33 Å². The fourth-order valence-corrected chi connectivity index (χ4v) is 5.74. The van der Waals surface area contributed by atoms with Crippen LogP contribution in [0.1, 0.15) is 46.5 Å². The van der Waals surface area contributed by atoms with Gasteiger partial charge in [0.2, 0.25) is 0 Å². The number of carbonyl (C=O) groups is 1. The Morgan fingerprint density at radius 3 is 2.56 bits per heavy atom. The van der Waals surface area contributed by atoms with Crippen molar-refractivity contribution in [2.45, 2.75) is 50.8 Å². The molecule has 1 nitrogen and oxygen atoms in total. The standard InChI is InChI=1S/C15H22Cl2O/c1-8(2)9-4-5-14(3)7-12-10(6-11(9)14)13(18)15(12,16)17/h8-12H,4-7H2,1-3H3/t9-,10+,11-,12-,14+/m0/s1. The number of halogens is 2. The molecule has 0 amide bonds. The summed E-state index contributed by atoms with van der Waals surface area (Å²) < 4.78 is -1.07. The number of hydrogen-bond acceptors (Lipinski definition) is 1. The summed E-state index contributed by atoms with van der Waals surface area (Å²) in [6.45, 7) is 7.03. The zero-order valence-corrected chi connectivity index (χ0v) is 12.9. The van der Waals surface area contributed by atoms with Gasteiger partial charge in [0.25, 0.3) is 0 Å². The maximum Gasteiger partial charge on any atom is 0.179 e. The minimum Gasteiger partial charge on any atom is -0.296 e. The van der Waals surface area contributed by atoms with Crippen LogP contribution in [0, 0.1) is 35.0 Å². The predicted octanol–water partition coefficient (Wildman–Crippen LogP) is 4.46. The van der Waals surface area contributed by atoms with E-state index in [9.17, 15) is 4.79 Å². The van der Waals surface area contributed by atoms with Crippen LogP contribution in [0.3, 0.4) is 0 Å². The topological polar surface area (TPSA) is 17.1 Å². The van der Waals surface area contributed by atoms with E-state index in [0.717, 1.165) is 24.7 Å². The Bertz CT molecular complexity index is 390. The quantitative estimate of drug-likeness (QED) is 0.651. The van der Waals surface area contributed by atoms with Crippen molar-refractivity contribution in [1.82, 2.24) is 0 Å². The number of carbonyl (C=O) groups excluding carboxylic acids is 1. The summed E-state index contributed by atoms with van der Waals surface area (Å²) in [4.78, 5) is 12.0. The largest absolute Gasteiger partial charge is 0.296 e. The Morgan fingerprint density at radius 1 is 1.28 bits per heavy atom. The van der Waals surface area contributed by atoms with Gasteiger partial charge in [-0.3, -0.25) is 4.79 Å². The Balaban J connectivity index is 1.86. The molecule has 0 spiro atoms. The van der Waals surface area contributed by atoms with Crippen LogP contribution in [0.25, 0.3) is 0 Å². The summed E-state index contributed by atoms with van der Waals surface area (Å²) in [6.07, 6.45) is 4.67. The third-order valence-electron chi connectivity index (χ3n) is 6.13. The van der Waals surface area contributed by atoms with E-state index in [4.69, 9.17) is 23.2 Å². The first kappa shape index (κ1) is 13.2. The molecule has 3 aliphatic carbocycles. The third kappa shape index (κ3) is 1.56. The van der Waals surface area contributed by atoms with Gasteiger partial charge in [0.15, 0.2) is 10.1 Å². The zero-order valence-electron chi connectivity index (χ0n) is 11.4. The second-order valence-electron chi connectivity index (χ2n) is 7.35. The van der Waals surface area contributed by atoms with Gasteiger partial charge in [-0.1, -0.05) is 44.0 Å². The van der Waals surface area contributed by atoms with Gasteiger partial charge in [-0.2, -0.15) is 0 Å². The lowest BCUT2D eigenvalue weighted by atomic mass is 9.52. The van der Waals surface area contributed by atoms with Gasteiger partial charge in [-0.25, -0.2) is 0 Å². The molecule has 0 aromatic heterocycles. The SMILES string of the molecule is CC(C)[C@@H]1CC[C@]2(C)C[C@H]3[C@@H](C[C@@H]12)C(=O)C3(Cl)Cl. The van der Waals surface area contributed by atoms with Crippen molar-refractivity contribution in [3.63, 3.8) is 0 Å². The lowest BCUT2D eigenvalue weighted by molar-refractivity contribution is -0.144. The van der Waals surface area contributed by atoms with Gasteiger partial charge >= 0.3 is 0 Å². The van der Waals surface area contributed by atoms with Gasteiger partial charge in [-0.15, -0.1) is 0 Å².